The highest BCUT2D eigenvalue weighted by Gasteiger charge is 2.67. The first-order valence-corrected chi connectivity index (χ1v) is 12.9. The molecular weight excluding hydrogens is 644 g/mol. The molecule has 1 aliphatic rings. The molecule has 0 aromatic heterocycles. The van der Waals surface area contributed by atoms with Gasteiger partial charge in [0.2, 0.25) is 11.8 Å². The van der Waals surface area contributed by atoms with Crippen molar-refractivity contribution >= 4 is 92.8 Å². The minimum absolute atomic E-state index is 0.0860. The number of amides is 3. The molecule has 40 heavy (non-hydrogen) atoms. The summed E-state index contributed by atoms with van der Waals surface area (Å²) in [5, 5.41) is 6.67. The van der Waals surface area contributed by atoms with Crippen LogP contribution in [0.1, 0.15) is 28.8 Å². The first kappa shape index (κ1) is 30.2. The predicted octanol–water partition coefficient (Wildman–Crippen LogP) is 7.94. The van der Waals surface area contributed by atoms with E-state index < -0.39 is 74.1 Å². The lowest BCUT2D eigenvalue weighted by Crippen LogP contribution is -2.20. The summed E-state index contributed by atoms with van der Waals surface area (Å²) in [4.78, 5) is 36.9. The summed E-state index contributed by atoms with van der Waals surface area (Å²) in [5.41, 5.74) is -1.99. The topological polar surface area (TPSA) is 87.3 Å². The molecule has 1 fully saturated rings. The summed E-state index contributed by atoms with van der Waals surface area (Å²) in [6.07, 6.45) is 0. The number of hydrogen-bond donors (Lipinski definition) is 3. The van der Waals surface area contributed by atoms with Crippen molar-refractivity contribution < 1.29 is 31.9 Å². The van der Waals surface area contributed by atoms with Crippen LogP contribution in [-0.4, -0.2) is 22.1 Å². The van der Waals surface area contributed by atoms with Crippen LogP contribution in [0.2, 0.25) is 15.1 Å². The Morgan fingerprint density at radius 3 is 1.93 bits per heavy atom. The Morgan fingerprint density at radius 1 is 0.775 bits per heavy atom. The van der Waals surface area contributed by atoms with E-state index in [1.165, 1.54) is 12.1 Å². The van der Waals surface area contributed by atoms with Gasteiger partial charge in [-0.05, 0) is 29.8 Å². The van der Waals surface area contributed by atoms with E-state index in [1.54, 1.807) is 0 Å². The summed E-state index contributed by atoms with van der Waals surface area (Å²) in [7, 11) is 0. The van der Waals surface area contributed by atoms with Crippen LogP contribution < -0.4 is 16.0 Å². The molecule has 1 aliphatic carbocycles. The molecule has 0 spiro atoms. The second kappa shape index (κ2) is 11.3. The lowest BCUT2D eigenvalue weighted by atomic mass is 10.1. The maximum absolute atomic E-state index is 14.5. The van der Waals surface area contributed by atoms with Crippen molar-refractivity contribution in [2.75, 3.05) is 16.0 Å². The third-order valence-electron chi connectivity index (χ3n) is 5.86. The van der Waals surface area contributed by atoms with E-state index in [0.29, 0.717) is 17.7 Å². The SMILES string of the molecule is CC(=O)Nc1cc(NC(=O)c2cc(NC(=O)[C@H]3[C@H](c4cc(Cl)c(Cl)c(Cl)c4)C3(Cl)Cl)cc(F)c2F)c(F)cc1F. The molecule has 0 heterocycles. The Morgan fingerprint density at radius 2 is 1.35 bits per heavy atom. The largest absolute Gasteiger partial charge is 0.326 e. The van der Waals surface area contributed by atoms with Gasteiger partial charge in [0.15, 0.2) is 11.6 Å². The highest BCUT2D eigenvalue weighted by molar-refractivity contribution is 6.54. The zero-order chi connectivity index (χ0) is 29.7. The van der Waals surface area contributed by atoms with Gasteiger partial charge >= 0.3 is 0 Å². The van der Waals surface area contributed by atoms with Gasteiger partial charge in [0.05, 0.1) is 37.9 Å². The molecule has 0 saturated heterocycles. The second-order valence-corrected chi connectivity index (χ2v) is 11.3. The molecule has 210 valence electrons. The average Bonchev–Trinajstić information content (AvgIpc) is 3.43. The normalized spacial score (nSPS) is 17.2. The lowest BCUT2D eigenvalue weighted by molar-refractivity contribution is -0.117. The first-order valence-electron chi connectivity index (χ1n) is 11.0. The van der Waals surface area contributed by atoms with Gasteiger partial charge in [0.25, 0.3) is 5.91 Å². The Labute approximate surface area is 248 Å². The van der Waals surface area contributed by atoms with Crippen molar-refractivity contribution in [3.05, 3.63) is 85.9 Å². The maximum atomic E-state index is 14.5. The van der Waals surface area contributed by atoms with Crippen LogP contribution in [0.4, 0.5) is 34.6 Å². The molecule has 0 aliphatic heterocycles. The third-order valence-corrected chi connectivity index (χ3v) is 7.99. The van der Waals surface area contributed by atoms with Crippen LogP contribution in [0.25, 0.3) is 0 Å². The zero-order valence-corrected chi connectivity index (χ0v) is 23.5. The number of rotatable bonds is 6. The summed E-state index contributed by atoms with van der Waals surface area (Å²) in [6.45, 7) is 1.07. The van der Waals surface area contributed by atoms with E-state index >= 15 is 0 Å². The molecule has 2 atom stereocenters. The van der Waals surface area contributed by atoms with Crippen molar-refractivity contribution in [1.82, 2.24) is 0 Å². The molecule has 1 saturated carbocycles. The van der Waals surface area contributed by atoms with Gasteiger partial charge in [0.1, 0.15) is 16.0 Å². The van der Waals surface area contributed by atoms with Crippen LogP contribution in [-0.2, 0) is 9.59 Å². The number of alkyl halides is 2. The van der Waals surface area contributed by atoms with Gasteiger partial charge in [0, 0.05) is 30.7 Å². The van der Waals surface area contributed by atoms with Gasteiger partial charge in [-0.25, -0.2) is 17.6 Å². The number of hydrogen-bond acceptors (Lipinski definition) is 3. The summed E-state index contributed by atoms with van der Waals surface area (Å²) >= 11 is 30.7. The molecular formula is C25H14Cl5F4N3O3. The second-order valence-electron chi connectivity index (χ2n) is 8.68. The number of carbonyl (C=O) groups is 3. The first-order chi connectivity index (χ1) is 18.6. The molecule has 3 N–H and O–H groups in total. The average molecular weight is 658 g/mol. The summed E-state index contributed by atoms with van der Waals surface area (Å²) in [5.74, 6) is -10.2. The molecule has 3 amide bonds. The van der Waals surface area contributed by atoms with Crippen molar-refractivity contribution in [1.29, 1.82) is 0 Å². The third kappa shape index (κ3) is 5.96. The van der Waals surface area contributed by atoms with E-state index in [-0.39, 0.29) is 20.8 Å². The Kier molecular flexibility index (Phi) is 8.50. The fourth-order valence-electron chi connectivity index (χ4n) is 3.99. The number of anilines is 3. The maximum Gasteiger partial charge on any atom is 0.258 e. The van der Waals surface area contributed by atoms with E-state index in [4.69, 9.17) is 58.0 Å². The molecule has 0 radical (unpaired) electrons. The molecule has 6 nitrogen and oxygen atoms in total. The fraction of sp³-hybridized carbons (Fsp3) is 0.160. The van der Waals surface area contributed by atoms with Gasteiger partial charge in [-0.2, -0.15) is 0 Å². The van der Waals surface area contributed by atoms with E-state index in [9.17, 15) is 31.9 Å². The molecule has 4 rings (SSSR count). The van der Waals surface area contributed by atoms with Crippen LogP contribution >= 0.6 is 58.0 Å². The molecule has 3 aromatic carbocycles. The van der Waals surface area contributed by atoms with E-state index in [0.717, 1.165) is 19.1 Å². The van der Waals surface area contributed by atoms with Gasteiger partial charge < -0.3 is 16.0 Å². The Hall–Kier alpha value is -2.76. The molecule has 15 heteroatoms. The fourth-order valence-corrected chi connectivity index (χ4v) is 5.43. The Bertz CT molecular complexity index is 1560. The number of nitrogens with one attached hydrogen (secondary N) is 3. The minimum Gasteiger partial charge on any atom is -0.326 e. The van der Waals surface area contributed by atoms with Gasteiger partial charge in [-0.3, -0.25) is 14.4 Å². The number of benzene rings is 3. The van der Waals surface area contributed by atoms with Crippen LogP contribution in [0.3, 0.4) is 0 Å². The van der Waals surface area contributed by atoms with Gasteiger partial charge in [-0.15, -0.1) is 23.2 Å². The van der Waals surface area contributed by atoms with Crippen LogP contribution in [0.5, 0.6) is 0 Å². The highest BCUT2D eigenvalue weighted by Crippen LogP contribution is 2.65. The summed E-state index contributed by atoms with van der Waals surface area (Å²) < 4.78 is 55.5. The summed E-state index contributed by atoms with van der Waals surface area (Å²) in [6, 6.07) is 5.39. The monoisotopic (exact) mass is 655 g/mol. The van der Waals surface area contributed by atoms with Crippen LogP contribution in [0.15, 0.2) is 36.4 Å². The molecule has 0 bridgehead atoms. The van der Waals surface area contributed by atoms with Crippen molar-refractivity contribution in [3.63, 3.8) is 0 Å². The van der Waals surface area contributed by atoms with E-state index in [1.807, 2.05) is 5.32 Å². The minimum atomic E-state index is -1.62. The predicted molar refractivity (Wildman–Crippen MR) is 146 cm³/mol. The van der Waals surface area contributed by atoms with Crippen molar-refractivity contribution in [3.8, 4) is 0 Å². The molecule has 3 aromatic rings. The smallest absolute Gasteiger partial charge is 0.258 e. The zero-order valence-electron chi connectivity index (χ0n) is 19.7. The van der Waals surface area contributed by atoms with E-state index in [2.05, 4.69) is 10.6 Å². The van der Waals surface area contributed by atoms with Crippen molar-refractivity contribution in [2.45, 2.75) is 17.2 Å². The lowest BCUT2D eigenvalue weighted by Gasteiger charge is -2.12. The van der Waals surface area contributed by atoms with Crippen molar-refractivity contribution in [2.24, 2.45) is 5.92 Å². The quantitative estimate of drug-likeness (QED) is 0.143. The number of carbonyl (C=O) groups excluding carboxylic acids is 3. The molecule has 0 unspecified atom stereocenters. The van der Waals surface area contributed by atoms with Crippen LogP contribution in [0, 0.1) is 29.2 Å². The standard InChI is InChI=1S/C25H14Cl5F4N3O3/c1-8(38)35-17-7-18(15(32)6-14(17)31)37-23(39)11-4-10(5-16(33)22(11)34)36-24(40)20-19(25(20,29)30)9-2-12(26)21(28)13(27)3-9/h2-7,19-20H,1H3,(H,35,38)(H,36,40)(H,37,39)/t19-,20+/m0/s1. The Balaban J connectivity index is 1.57. The highest BCUT2D eigenvalue weighted by atomic mass is 35.5. The number of halogens is 9. The van der Waals surface area contributed by atoms with Gasteiger partial charge in [-0.1, -0.05) is 34.8 Å².